The van der Waals surface area contributed by atoms with Gasteiger partial charge in [-0.3, -0.25) is 4.79 Å². The van der Waals surface area contributed by atoms with E-state index in [9.17, 15) is 18.0 Å². The lowest BCUT2D eigenvalue weighted by Crippen LogP contribution is -2.47. The van der Waals surface area contributed by atoms with Gasteiger partial charge in [0.25, 0.3) is 5.91 Å². The minimum atomic E-state index is -4.46. The summed E-state index contributed by atoms with van der Waals surface area (Å²) < 4.78 is 40.2. The number of amides is 1. The van der Waals surface area contributed by atoms with E-state index >= 15 is 0 Å². The number of nitrogens with one attached hydrogen (secondary N) is 1. The van der Waals surface area contributed by atoms with Gasteiger partial charge in [-0.1, -0.05) is 11.6 Å². The Morgan fingerprint density at radius 1 is 1.45 bits per heavy atom. The molecule has 0 aliphatic heterocycles. The highest BCUT2D eigenvalue weighted by Gasteiger charge is 2.49. The summed E-state index contributed by atoms with van der Waals surface area (Å²) in [6, 6.07) is 1.03. The van der Waals surface area contributed by atoms with Crippen LogP contribution in [-0.4, -0.2) is 32.7 Å². The Morgan fingerprint density at radius 3 is 2.73 bits per heavy atom. The summed E-state index contributed by atoms with van der Waals surface area (Å²) in [5, 5.41) is 6.24. The van der Waals surface area contributed by atoms with Crippen molar-refractivity contribution in [3.63, 3.8) is 0 Å². The van der Waals surface area contributed by atoms with Crippen LogP contribution >= 0.6 is 11.6 Å². The van der Waals surface area contributed by atoms with Gasteiger partial charge in [0.05, 0.1) is 0 Å². The van der Waals surface area contributed by atoms with Gasteiger partial charge in [-0.2, -0.15) is 18.3 Å². The van der Waals surface area contributed by atoms with Crippen molar-refractivity contribution < 1.29 is 18.0 Å². The van der Waals surface area contributed by atoms with Gasteiger partial charge in [0.2, 0.25) is 0 Å². The second kappa shape index (κ2) is 5.12. The highest BCUT2D eigenvalue weighted by Crippen LogP contribution is 2.40. The van der Waals surface area contributed by atoms with Crippen LogP contribution in [0.5, 0.6) is 0 Å². The molecule has 1 fully saturated rings. The van der Waals surface area contributed by atoms with Gasteiger partial charge in [-0.15, -0.1) is 0 Å². The molecule has 0 unspecified atom stereocenters. The summed E-state index contributed by atoms with van der Waals surface area (Å²) in [5.74, 6) is -1.41. The third-order valence-corrected chi connectivity index (χ3v) is 3.73. The van der Waals surface area contributed by atoms with Crippen LogP contribution in [0.1, 0.15) is 29.0 Å². The van der Waals surface area contributed by atoms with Crippen molar-refractivity contribution >= 4 is 23.2 Å². The summed E-state index contributed by atoms with van der Waals surface area (Å²) in [4.78, 5) is 16.0. The Balaban J connectivity index is 1.87. The zero-order chi connectivity index (χ0) is 16.1. The van der Waals surface area contributed by atoms with Gasteiger partial charge < -0.3 is 5.32 Å². The third kappa shape index (κ3) is 2.87. The molecule has 0 bridgehead atoms. The molecule has 118 valence electrons. The molecule has 9 heteroatoms. The molecule has 0 aromatic carbocycles. The number of fused-ring (bicyclic) bond motifs is 1. The average Bonchev–Trinajstić information content (AvgIpc) is 3.13. The maximum Gasteiger partial charge on any atom is 0.408 e. The smallest absolute Gasteiger partial charge is 0.339 e. The number of alkyl halides is 3. The summed E-state index contributed by atoms with van der Waals surface area (Å²) >= 11 is 5.81. The second-order valence-electron chi connectivity index (χ2n) is 5.35. The molecule has 5 nitrogen and oxygen atoms in total. The van der Waals surface area contributed by atoms with Crippen molar-refractivity contribution in [3.8, 4) is 0 Å². The van der Waals surface area contributed by atoms with Crippen molar-refractivity contribution in [1.29, 1.82) is 0 Å². The molecule has 2 aromatic rings. The van der Waals surface area contributed by atoms with E-state index in [0.717, 1.165) is 0 Å². The first-order valence-electron chi connectivity index (χ1n) is 6.66. The van der Waals surface area contributed by atoms with Crippen LogP contribution in [-0.2, 0) is 0 Å². The minimum absolute atomic E-state index is 0.118. The number of carbonyl (C=O) groups excluding carboxylic acids is 1. The first kappa shape index (κ1) is 15.1. The predicted molar refractivity (Wildman–Crippen MR) is 72.8 cm³/mol. The molecule has 2 aromatic heterocycles. The molecule has 1 N–H and O–H groups in total. The van der Waals surface area contributed by atoms with Crippen LogP contribution < -0.4 is 5.32 Å². The SMILES string of the molecule is Cc1cc(Cl)nc2cc(C(=O)N[C@H](C3CC3)C(F)(F)F)nn12. The van der Waals surface area contributed by atoms with Gasteiger partial charge in [0.15, 0.2) is 11.3 Å². The zero-order valence-corrected chi connectivity index (χ0v) is 12.2. The van der Waals surface area contributed by atoms with Crippen molar-refractivity contribution in [2.45, 2.75) is 32.0 Å². The third-order valence-electron chi connectivity index (χ3n) is 3.54. The number of aromatic nitrogens is 3. The van der Waals surface area contributed by atoms with Crippen LogP contribution in [0, 0.1) is 12.8 Å². The molecule has 2 heterocycles. The molecule has 1 atom stereocenters. The molecule has 22 heavy (non-hydrogen) atoms. The molecule has 0 saturated heterocycles. The van der Waals surface area contributed by atoms with Crippen LogP contribution in [0.2, 0.25) is 5.15 Å². The standard InChI is InChI=1S/C13H12ClF3N4O/c1-6-4-9(14)18-10-5-8(20-21(6)10)12(22)19-11(7-2-3-7)13(15,16)17/h4-5,7,11H,2-3H2,1H3,(H,19,22)/t11-/m1/s1. The number of rotatable bonds is 3. The number of nitrogens with zero attached hydrogens (tertiary/aromatic N) is 3. The van der Waals surface area contributed by atoms with Crippen molar-refractivity contribution in [1.82, 2.24) is 19.9 Å². The predicted octanol–water partition coefficient (Wildman–Crippen LogP) is 2.76. The van der Waals surface area contributed by atoms with E-state index in [0.29, 0.717) is 24.2 Å². The monoisotopic (exact) mass is 332 g/mol. The van der Waals surface area contributed by atoms with E-state index < -0.39 is 24.0 Å². The molecular formula is C13H12ClF3N4O. The van der Waals surface area contributed by atoms with Crippen LogP contribution in [0.25, 0.3) is 5.65 Å². The Bertz CT molecular complexity index is 739. The fraction of sp³-hybridized carbons (Fsp3) is 0.462. The number of halogens is 4. The van der Waals surface area contributed by atoms with E-state index in [2.05, 4.69) is 10.1 Å². The number of carbonyl (C=O) groups is 1. The summed E-state index contributed by atoms with van der Waals surface area (Å²) in [7, 11) is 0. The van der Waals surface area contributed by atoms with Crippen molar-refractivity contribution in [3.05, 3.63) is 28.7 Å². The van der Waals surface area contributed by atoms with E-state index in [1.165, 1.54) is 10.6 Å². The maximum atomic E-state index is 12.9. The maximum absolute atomic E-state index is 12.9. The lowest BCUT2D eigenvalue weighted by atomic mass is 10.1. The van der Waals surface area contributed by atoms with E-state index in [1.807, 2.05) is 5.32 Å². The van der Waals surface area contributed by atoms with Crippen molar-refractivity contribution in [2.75, 3.05) is 0 Å². The fourth-order valence-electron chi connectivity index (χ4n) is 2.31. The number of hydrogen-bond donors (Lipinski definition) is 1. The molecule has 3 rings (SSSR count). The van der Waals surface area contributed by atoms with Gasteiger partial charge in [0.1, 0.15) is 11.2 Å². The quantitative estimate of drug-likeness (QED) is 0.879. The highest BCUT2D eigenvalue weighted by molar-refractivity contribution is 6.29. The Labute approximate surface area is 128 Å². The number of aryl methyl sites for hydroxylation is 1. The molecule has 0 spiro atoms. The minimum Gasteiger partial charge on any atom is -0.339 e. The highest BCUT2D eigenvalue weighted by atomic mass is 35.5. The van der Waals surface area contributed by atoms with E-state index in [1.54, 1.807) is 13.0 Å². The van der Waals surface area contributed by atoms with Gasteiger partial charge >= 0.3 is 6.18 Å². The molecule has 1 aliphatic rings. The summed E-state index contributed by atoms with van der Waals surface area (Å²) in [6.45, 7) is 1.71. The van der Waals surface area contributed by atoms with Gasteiger partial charge in [-0.25, -0.2) is 9.50 Å². The molecule has 1 saturated carbocycles. The topological polar surface area (TPSA) is 59.3 Å². The summed E-state index contributed by atoms with van der Waals surface area (Å²) in [6.07, 6.45) is -3.54. The lowest BCUT2D eigenvalue weighted by Gasteiger charge is -2.20. The van der Waals surface area contributed by atoms with Crippen LogP contribution in [0.15, 0.2) is 12.1 Å². The van der Waals surface area contributed by atoms with E-state index in [-0.39, 0.29) is 10.8 Å². The molecule has 0 radical (unpaired) electrons. The zero-order valence-electron chi connectivity index (χ0n) is 11.5. The normalized spacial score (nSPS) is 16.8. The Hall–Kier alpha value is -1.83. The fourth-order valence-corrected chi connectivity index (χ4v) is 2.55. The Morgan fingerprint density at radius 2 is 2.14 bits per heavy atom. The molecule has 1 aliphatic carbocycles. The summed E-state index contributed by atoms with van der Waals surface area (Å²) in [5.41, 5.74) is 0.821. The molecule has 1 amide bonds. The second-order valence-corrected chi connectivity index (χ2v) is 5.74. The number of hydrogen-bond acceptors (Lipinski definition) is 3. The first-order chi connectivity index (χ1) is 10.3. The van der Waals surface area contributed by atoms with Gasteiger partial charge in [0, 0.05) is 11.8 Å². The first-order valence-corrected chi connectivity index (χ1v) is 7.04. The van der Waals surface area contributed by atoms with Crippen LogP contribution in [0.3, 0.4) is 0 Å². The van der Waals surface area contributed by atoms with Crippen molar-refractivity contribution in [2.24, 2.45) is 5.92 Å². The molecular weight excluding hydrogens is 321 g/mol. The van der Waals surface area contributed by atoms with E-state index in [4.69, 9.17) is 11.6 Å². The van der Waals surface area contributed by atoms with Gasteiger partial charge in [-0.05, 0) is 31.7 Å². The average molecular weight is 333 g/mol. The largest absolute Gasteiger partial charge is 0.408 e. The van der Waals surface area contributed by atoms with Crippen LogP contribution in [0.4, 0.5) is 13.2 Å². The Kier molecular flexibility index (Phi) is 3.51. The lowest BCUT2D eigenvalue weighted by molar-refractivity contribution is -0.158.